The van der Waals surface area contributed by atoms with Crippen LogP contribution in [0.25, 0.3) is 22.3 Å². The van der Waals surface area contributed by atoms with Crippen molar-refractivity contribution in [1.82, 2.24) is 16.0 Å². The van der Waals surface area contributed by atoms with E-state index in [-0.39, 0.29) is 18.5 Å². The van der Waals surface area contributed by atoms with Crippen LogP contribution in [0.1, 0.15) is 57.4 Å². The lowest BCUT2D eigenvalue weighted by atomic mass is 9.64. The number of para-hydroxylation sites is 3. The molecule has 0 aromatic heterocycles. The third kappa shape index (κ3) is 5.11. The summed E-state index contributed by atoms with van der Waals surface area (Å²) in [6, 6.07) is 75.4. The van der Waals surface area contributed by atoms with Crippen molar-refractivity contribution < 1.29 is 0 Å². The van der Waals surface area contributed by atoms with Crippen molar-refractivity contribution in [2.75, 3.05) is 4.90 Å². The van der Waals surface area contributed by atoms with E-state index in [1.807, 2.05) is 0 Å². The van der Waals surface area contributed by atoms with E-state index < -0.39 is 5.41 Å². The predicted molar refractivity (Wildman–Crippen MR) is 228 cm³/mol. The van der Waals surface area contributed by atoms with E-state index in [1.54, 1.807) is 0 Å². The van der Waals surface area contributed by atoms with Crippen molar-refractivity contribution in [1.29, 1.82) is 0 Å². The van der Waals surface area contributed by atoms with Crippen molar-refractivity contribution >= 4 is 17.1 Å². The summed E-state index contributed by atoms with van der Waals surface area (Å²) >= 11 is 0. The summed E-state index contributed by atoms with van der Waals surface area (Å²) in [5, 5.41) is 11.6. The minimum Gasteiger partial charge on any atom is -0.310 e. The summed E-state index contributed by atoms with van der Waals surface area (Å²) in [6.45, 7) is 0. The molecule has 0 radical (unpaired) electrons. The van der Waals surface area contributed by atoms with Crippen molar-refractivity contribution in [2.24, 2.45) is 0 Å². The van der Waals surface area contributed by atoms with Crippen molar-refractivity contribution in [3.63, 3.8) is 0 Å². The molecule has 1 aliphatic carbocycles. The van der Waals surface area contributed by atoms with Gasteiger partial charge in [-0.2, -0.15) is 0 Å². The van der Waals surface area contributed by atoms with E-state index in [2.05, 4.69) is 227 Å². The van der Waals surface area contributed by atoms with Gasteiger partial charge in [-0.1, -0.05) is 170 Å². The highest BCUT2D eigenvalue weighted by Gasteiger charge is 2.51. The molecule has 0 bridgehead atoms. The standard InChI is InChI=1S/C52H40N4/c1-4-17-35(18-5-1)49-53-50(36-19-6-2-7-20-36)55-51(54-49)39-22-16-21-37(33-39)38-31-32-42-41-25-10-11-26-43(41)52(46(42)34-38)44-27-12-14-29-47(44)56(40-23-8-3-9-24-40)48-30-15-13-28-45(48)52/h1-34,49-51,53-55H. The van der Waals surface area contributed by atoms with Crippen LogP contribution in [0.5, 0.6) is 0 Å². The molecule has 2 unspecified atom stereocenters. The topological polar surface area (TPSA) is 39.3 Å². The van der Waals surface area contributed by atoms with Crippen LogP contribution in [0.15, 0.2) is 206 Å². The molecule has 2 heterocycles. The molecule has 3 aliphatic rings. The molecule has 11 rings (SSSR count). The lowest BCUT2D eigenvalue weighted by molar-refractivity contribution is 0.203. The third-order valence-corrected chi connectivity index (χ3v) is 12.0. The van der Waals surface area contributed by atoms with Crippen molar-refractivity contribution in [3.8, 4) is 22.3 Å². The summed E-state index contributed by atoms with van der Waals surface area (Å²) in [6.07, 6.45) is -0.147. The van der Waals surface area contributed by atoms with Gasteiger partial charge in [-0.25, -0.2) is 0 Å². The maximum Gasteiger partial charge on any atom is 0.0864 e. The zero-order valence-electron chi connectivity index (χ0n) is 30.8. The lowest BCUT2D eigenvalue weighted by Crippen LogP contribution is -2.54. The molecule has 268 valence electrons. The SMILES string of the molecule is c1ccc(C2NC(c3ccccc3)NC(c3cccc(-c4ccc5c(c4)C4(c6ccccc6-5)c5ccccc5N(c5ccccc5)c5ccccc54)c3)N2)cc1. The van der Waals surface area contributed by atoms with E-state index in [9.17, 15) is 0 Å². The maximum atomic E-state index is 3.88. The number of anilines is 3. The second-order valence-electron chi connectivity index (χ2n) is 15.0. The second kappa shape index (κ2) is 13.3. The highest BCUT2D eigenvalue weighted by molar-refractivity contribution is 5.96. The first kappa shape index (κ1) is 32.8. The Morgan fingerprint density at radius 1 is 0.339 bits per heavy atom. The Kier molecular flexibility index (Phi) is 7.81. The molecule has 1 saturated heterocycles. The summed E-state index contributed by atoms with van der Waals surface area (Å²) in [5.74, 6) is 0. The second-order valence-corrected chi connectivity index (χ2v) is 15.0. The normalized spacial score (nSPS) is 18.8. The van der Waals surface area contributed by atoms with Crippen LogP contribution in [0.2, 0.25) is 0 Å². The summed E-state index contributed by atoms with van der Waals surface area (Å²) in [7, 11) is 0. The van der Waals surface area contributed by atoms with Crippen LogP contribution >= 0.6 is 0 Å². The Balaban J connectivity index is 1.06. The summed E-state index contributed by atoms with van der Waals surface area (Å²) in [4.78, 5) is 2.44. The number of hydrogen-bond donors (Lipinski definition) is 3. The van der Waals surface area contributed by atoms with Gasteiger partial charge in [0.15, 0.2) is 0 Å². The number of nitrogens with zero attached hydrogens (tertiary/aromatic N) is 1. The third-order valence-electron chi connectivity index (χ3n) is 12.0. The number of benzene rings is 8. The first-order valence-corrected chi connectivity index (χ1v) is 19.5. The minimum atomic E-state index is -0.498. The lowest BCUT2D eigenvalue weighted by Gasteiger charge is -2.45. The van der Waals surface area contributed by atoms with Gasteiger partial charge in [0.25, 0.3) is 0 Å². The highest BCUT2D eigenvalue weighted by atomic mass is 15.4. The highest BCUT2D eigenvalue weighted by Crippen LogP contribution is 2.63. The molecule has 0 amide bonds. The molecule has 56 heavy (non-hydrogen) atoms. The Labute approximate surface area is 328 Å². The predicted octanol–water partition coefficient (Wildman–Crippen LogP) is 11.7. The molecule has 4 heteroatoms. The first-order chi connectivity index (χ1) is 27.8. The number of hydrogen-bond acceptors (Lipinski definition) is 4. The van der Waals surface area contributed by atoms with Crippen molar-refractivity contribution in [2.45, 2.75) is 23.9 Å². The van der Waals surface area contributed by atoms with Crippen LogP contribution in [0.3, 0.4) is 0 Å². The number of rotatable bonds is 5. The Morgan fingerprint density at radius 3 is 1.43 bits per heavy atom. The van der Waals surface area contributed by atoms with Gasteiger partial charge >= 0.3 is 0 Å². The molecule has 8 aromatic carbocycles. The Bertz CT molecular complexity index is 2610. The van der Waals surface area contributed by atoms with Crippen LogP contribution in [0.4, 0.5) is 17.1 Å². The zero-order valence-corrected chi connectivity index (χ0v) is 30.8. The molecule has 1 fully saturated rings. The molecule has 2 atom stereocenters. The minimum absolute atomic E-state index is 0.0310. The van der Waals surface area contributed by atoms with Crippen LogP contribution in [-0.2, 0) is 5.41 Å². The van der Waals surface area contributed by atoms with Gasteiger partial charge in [0.05, 0.1) is 35.3 Å². The molecular formula is C52H40N4. The summed E-state index contributed by atoms with van der Waals surface area (Å²) < 4.78 is 0. The van der Waals surface area contributed by atoms with Crippen LogP contribution < -0.4 is 20.9 Å². The molecule has 1 spiro atoms. The molecule has 0 saturated carbocycles. The van der Waals surface area contributed by atoms with Gasteiger partial charge in [-0.3, -0.25) is 16.0 Å². The van der Waals surface area contributed by atoms with E-state index in [0.29, 0.717) is 0 Å². The fraction of sp³-hybridized carbons (Fsp3) is 0.0769. The molecule has 4 nitrogen and oxygen atoms in total. The van der Waals surface area contributed by atoms with Gasteiger partial charge < -0.3 is 4.90 Å². The van der Waals surface area contributed by atoms with E-state index in [4.69, 9.17) is 0 Å². The van der Waals surface area contributed by atoms with Gasteiger partial charge in [-0.15, -0.1) is 0 Å². The number of nitrogens with one attached hydrogen (secondary N) is 3. The van der Waals surface area contributed by atoms with Gasteiger partial charge in [-0.05, 0) is 97.6 Å². The monoisotopic (exact) mass is 720 g/mol. The maximum absolute atomic E-state index is 3.88. The van der Waals surface area contributed by atoms with Gasteiger partial charge in [0, 0.05) is 5.69 Å². The molecular weight excluding hydrogens is 681 g/mol. The quantitative estimate of drug-likeness (QED) is 0.166. The van der Waals surface area contributed by atoms with Crippen LogP contribution in [0, 0.1) is 0 Å². The van der Waals surface area contributed by atoms with Crippen molar-refractivity contribution in [3.05, 3.63) is 245 Å². The largest absolute Gasteiger partial charge is 0.310 e. The van der Waals surface area contributed by atoms with Gasteiger partial charge in [0.2, 0.25) is 0 Å². The molecule has 3 N–H and O–H groups in total. The summed E-state index contributed by atoms with van der Waals surface area (Å²) in [5.41, 5.74) is 16.9. The first-order valence-electron chi connectivity index (χ1n) is 19.5. The molecule has 8 aromatic rings. The van der Waals surface area contributed by atoms with Crippen LogP contribution in [-0.4, -0.2) is 0 Å². The Hall–Kier alpha value is -6.56. The van der Waals surface area contributed by atoms with E-state index in [0.717, 1.165) is 5.69 Å². The Morgan fingerprint density at radius 2 is 0.804 bits per heavy atom. The fourth-order valence-corrected chi connectivity index (χ4v) is 9.55. The smallest absolute Gasteiger partial charge is 0.0864 e. The zero-order chi connectivity index (χ0) is 37.1. The fourth-order valence-electron chi connectivity index (χ4n) is 9.55. The molecule has 2 aliphatic heterocycles. The average molecular weight is 721 g/mol. The number of fused-ring (bicyclic) bond motifs is 9. The average Bonchev–Trinajstić information content (AvgIpc) is 3.57. The van der Waals surface area contributed by atoms with E-state index in [1.165, 1.54) is 72.6 Å². The van der Waals surface area contributed by atoms with E-state index >= 15 is 0 Å². The van der Waals surface area contributed by atoms with Gasteiger partial charge in [0.1, 0.15) is 0 Å².